The molecule has 0 saturated heterocycles. The van der Waals surface area contributed by atoms with Crippen LogP contribution in [0.1, 0.15) is 30.8 Å². The van der Waals surface area contributed by atoms with Gasteiger partial charge in [-0.05, 0) is 19.9 Å². The lowest BCUT2D eigenvalue weighted by Gasteiger charge is -2.11. The number of aromatic amines is 1. The minimum Gasteiger partial charge on any atom is -0.349 e. The molecular formula is C12H19N5. The van der Waals surface area contributed by atoms with Gasteiger partial charge in [0.05, 0.1) is 6.20 Å². The number of hydrogen-bond donors (Lipinski definition) is 2. The van der Waals surface area contributed by atoms with E-state index in [-0.39, 0.29) is 0 Å². The van der Waals surface area contributed by atoms with E-state index in [0.717, 1.165) is 25.2 Å². The number of nitrogens with zero attached hydrogens (tertiary/aromatic N) is 3. The number of nitrogens with one attached hydrogen (secondary N) is 2. The zero-order valence-corrected chi connectivity index (χ0v) is 10.3. The normalized spacial score (nSPS) is 12.8. The maximum Gasteiger partial charge on any atom is 0.106 e. The Morgan fingerprint density at radius 3 is 3.06 bits per heavy atom. The SMILES string of the molecule is CC(NCCCc1ncc[nH]1)c1cnn(C)c1. The molecule has 2 rings (SSSR count). The van der Waals surface area contributed by atoms with Crippen molar-refractivity contribution in [2.24, 2.45) is 7.05 Å². The van der Waals surface area contributed by atoms with Crippen molar-refractivity contribution in [1.29, 1.82) is 0 Å². The molecule has 17 heavy (non-hydrogen) atoms. The molecule has 2 N–H and O–H groups in total. The van der Waals surface area contributed by atoms with Gasteiger partial charge in [0, 0.05) is 43.7 Å². The van der Waals surface area contributed by atoms with Gasteiger partial charge in [-0.2, -0.15) is 5.10 Å². The highest BCUT2D eigenvalue weighted by Crippen LogP contribution is 2.09. The van der Waals surface area contributed by atoms with Crippen LogP contribution in [0.25, 0.3) is 0 Å². The summed E-state index contributed by atoms with van der Waals surface area (Å²) in [5, 5.41) is 7.65. The van der Waals surface area contributed by atoms with Crippen LogP contribution in [-0.2, 0) is 13.5 Å². The van der Waals surface area contributed by atoms with Crippen molar-refractivity contribution < 1.29 is 0 Å². The number of imidazole rings is 1. The molecule has 0 bridgehead atoms. The summed E-state index contributed by atoms with van der Waals surface area (Å²) in [4.78, 5) is 7.31. The molecule has 0 aliphatic carbocycles. The molecule has 5 nitrogen and oxygen atoms in total. The summed E-state index contributed by atoms with van der Waals surface area (Å²) in [6.45, 7) is 3.14. The van der Waals surface area contributed by atoms with Crippen LogP contribution in [-0.4, -0.2) is 26.3 Å². The van der Waals surface area contributed by atoms with E-state index in [0.29, 0.717) is 6.04 Å². The summed E-state index contributed by atoms with van der Waals surface area (Å²) >= 11 is 0. The van der Waals surface area contributed by atoms with Crippen molar-refractivity contribution in [1.82, 2.24) is 25.1 Å². The Labute approximate surface area is 101 Å². The van der Waals surface area contributed by atoms with Crippen molar-refractivity contribution in [3.05, 3.63) is 36.2 Å². The number of aromatic nitrogens is 4. The highest BCUT2D eigenvalue weighted by molar-refractivity contribution is 5.08. The quantitative estimate of drug-likeness (QED) is 0.742. The van der Waals surface area contributed by atoms with E-state index < -0.39 is 0 Å². The highest BCUT2D eigenvalue weighted by atomic mass is 15.2. The first-order chi connectivity index (χ1) is 8.25. The van der Waals surface area contributed by atoms with Crippen molar-refractivity contribution >= 4 is 0 Å². The van der Waals surface area contributed by atoms with Crippen LogP contribution in [0, 0.1) is 0 Å². The van der Waals surface area contributed by atoms with Gasteiger partial charge in [0.2, 0.25) is 0 Å². The fourth-order valence-corrected chi connectivity index (χ4v) is 1.79. The van der Waals surface area contributed by atoms with E-state index in [1.54, 1.807) is 6.20 Å². The van der Waals surface area contributed by atoms with Crippen molar-refractivity contribution in [3.63, 3.8) is 0 Å². The maximum atomic E-state index is 4.20. The first-order valence-electron chi connectivity index (χ1n) is 5.96. The van der Waals surface area contributed by atoms with Gasteiger partial charge in [0.1, 0.15) is 5.82 Å². The molecule has 1 unspecified atom stereocenters. The molecule has 2 aromatic heterocycles. The van der Waals surface area contributed by atoms with Crippen molar-refractivity contribution in [2.45, 2.75) is 25.8 Å². The Hall–Kier alpha value is -1.62. The minimum absolute atomic E-state index is 0.348. The van der Waals surface area contributed by atoms with E-state index in [9.17, 15) is 0 Å². The lowest BCUT2D eigenvalue weighted by atomic mass is 10.2. The van der Waals surface area contributed by atoms with Crippen LogP contribution in [0.5, 0.6) is 0 Å². The average molecular weight is 233 g/mol. The van der Waals surface area contributed by atoms with E-state index in [1.807, 2.05) is 30.3 Å². The van der Waals surface area contributed by atoms with Gasteiger partial charge < -0.3 is 10.3 Å². The zero-order valence-electron chi connectivity index (χ0n) is 10.3. The fourth-order valence-electron chi connectivity index (χ4n) is 1.79. The molecule has 2 heterocycles. The predicted molar refractivity (Wildman–Crippen MR) is 66.5 cm³/mol. The largest absolute Gasteiger partial charge is 0.349 e. The summed E-state index contributed by atoms with van der Waals surface area (Å²) in [5.41, 5.74) is 1.23. The number of rotatable bonds is 6. The molecule has 0 saturated carbocycles. The predicted octanol–water partition coefficient (Wildman–Crippen LogP) is 1.43. The van der Waals surface area contributed by atoms with Gasteiger partial charge >= 0.3 is 0 Å². The van der Waals surface area contributed by atoms with Gasteiger partial charge in [-0.15, -0.1) is 0 Å². The lowest BCUT2D eigenvalue weighted by Crippen LogP contribution is -2.20. The Kier molecular flexibility index (Phi) is 3.93. The molecule has 0 aromatic carbocycles. The first kappa shape index (κ1) is 11.9. The Balaban J connectivity index is 1.68. The molecule has 0 radical (unpaired) electrons. The standard InChI is InChI=1S/C12H19N5/c1-10(11-8-16-17(2)9-11)13-5-3-4-12-14-6-7-15-12/h6-10,13H,3-5H2,1-2H3,(H,14,15). The first-order valence-corrected chi connectivity index (χ1v) is 5.96. The van der Waals surface area contributed by atoms with Gasteiger partial charge in [-0.3, -0.25) is 4.68 Å². The molecule has 2 aromatic rings. The highest BCUT2D eigenvalue weighted by Gasteiger charge is 2.06. The van der Waals surface area contributed by atoms with Crippen LogP contribution in [0.15, 0.2) is 24.8 Å². The van der Waals surface area contributed by atoms with Gasteiger partial charge in [0.15, 0.2) is 0 Å². The second kappa shape index (κ2) is 5.63. The molecule has 92 valence electrons. The monoisotopic (exact) mass is 233 g/mol. The van der Waals surface area contributed by atoms with Crippen LogP contribution in [0.4, 0.5) is 0 Å². The lowest BCUT2D eigenvalue weighted by molar-refractivity contribution is 0.554. The van der Waals surface area contributed by atoms with Gasteiger partial charge in [-0.25, -0.2) is 4.98 Å². The maximum absolute atomic E-state index is 4.20. The van der Waals surface area contributed by atoms with Crippen LogP contribution in [0.2, 0.25) is 0 Å². The van der Waals surface area contributed by atoms with E-state index >= 15 is 0 Å². The average Bonchev–Trinajstić information content (AvgIpc) is 2.95. The van der Waals surface area contributed by atoms with Gasteiger partial charge in [-0.1, -0.05) is 0 Å². The third-order valence-electron chi connectivity index (χ3n) is 2.82. The number of aryl methyl sites for hydroxylation is 2. The third kappa shape index (κ3) is 3.42. The Bertz CT molecular complexity index is 431. The number of hydrogen-bond acceptors (Lipinski definition) is 3. The fraction of sp³-hybridized carbons (Fsp3) is 0.500. The second-order valence-corrected chi connectivity index (χ2v) is 4.26. The second-order valence-electron chi connectivity index (χ2n) is 4.26. The third-order valence-corrected chi connectivity index (χ3v) is 2.82. The van der Waals surface area contributed by atoms with Crippen LogP contribution < -0.4 is 5.32 Å². The Morgan fingerprint density at radius 1 is 1.53 bits per heavy atom. The van der Waals surface area contributed by atoms with Crippen LogP contribution >= 0.6 is 0 Å². The summed E-state index contributed by atoms with van der Waals surface area (Å²) < 4.78 is 1.83. The van der Waals surface area contributed by atoms with E-state index in [2.05, 4.69) is 27.3 Å². The molecule has 1 atom stereocenters. The van der Waals surface area contributed by atoms with Crippen molar-refractivity contribution in [2.75, 3.05) is 6.54 Å². The summed E-state index contributed by atoms with van der Waals surface area (Å²) in [5.74, 6) is 1.06. The zero-order chi connectivity index (χ0) is 12.1. The molecule has 0 amide bonds. The van der Waals surface area contributed by atoms with Gasteiger partial charge in [0.25, 0.3) is 0 Å². The minimum atomic E-state index is 0.348. The smallest absolute Gasteiger partial charge is 0.106 e. The molecule has 0 aliphatic rings. The summed E-state index contributed by atoms with van der Waals surface area (Å²) in [6, 6.07) is 0.348. The summed E-state index contributed by atoms with van der Waals surface area (Å²) in [7, 11) is 1.94. The molecule has 0 aliphatic heterocycles. The Morgan fingerprint density at radius 2 is 2.41 bits per heavy atom. The molecule has 0 fully saturated rings. The molecular weight excluding hydrogens is 214 g/mol. The molecule has 0 spiro atoms. The van der Waals surface area contributed by atoms with Crippen molar-refractivity contribution in [3.8, 4) is 0 Å². The van der Waals surface area contributed by atoms with E-state index in [4.69, 9.17) is 0 Å². The summed E-state index contributed by atoms with van der Waals surface area (Å²) in [6.07, 6.45) is 9.67. The topological polar surface area (TPSA) is 58.5 Å². The number of H-pyrrole nitrogens is 1. The van der Waals surface area contributed by atoms with E-state index in [1.165, 1.54) is 5.56 Å². The van der Waals surface area contributed by atoms with Crippen LogP contribution in [0.3, 0.4) is 0 Å². The molecule has 5 heteroatoms.